The van der Waals surface area contributed by atoms with Crippen LogP contribution in [0.25, 0.3) is 0 Å². The summed E-state index contributed by atoms with van der Waals surface area (Å²) in [6, 6.07) is 9.47. The smallest absolute Gasteiger partial charge is 0.191 e. The fourth-order valence-corrected chi connectivity index (χ4v) is 5.07. The predicted molar refractivity (Wildman–Crippen MR) is 135 cm³/mol. The van der Waals surface area contributed by atoms with E-state index >= 15 is 0 Å². The van der Waals surface area contributed by atoms with Gasteiger partial charge in [0.1, 0.15) is 0 Å². The van der Waals surface area contributed by atoms with Crippen molar-refractivity contribution in [3.8, 4) is 0 Å². The van der Waals surface area contributed by atoms with Crippen molar-refractivity contribution in [2.75, 3.05) is 45.2 Å². The van der Waals surface area contributed by atoms with Crippen molar-refractivity contribution in [2.45, 2.75) is 31.8 Å². The quantitative estimate of drug-likeness (QED) is 0.317. The fraction of sp³-hybridized carbons (Fsp3) is 0.550. The molecule has 3 heterocycles. The molecule has 1 saturated heterocycles. The minimum Gasteiger partial charge on any atom is -0.363 e. The van der Waals surface area contributed by atoms with Gasteiger partial charge in [0.15, 0.2) is 5.96 Å². The van der Waals surface area contributed by atoms with Gasteiger partial charge in [-0.15, -0.1) is 46.7 Å². The minimum absolute atomic E-state index is 0. The number of guanidine groups is 1. The highest BCUT2D eigenvalue weighted by atomic mass is 127. The van der Waals surface area contributed by atoms with E-state index in [0.29, 0.717) is 12.1 Å². The van der Waals surface area contributed by atoms with Crippen LogP contribution in [0.15, 0.2) is 40.0 Å². The van der Waals surface area contributed by atoms with Gasteiger partial charge in [-0.1, -0.05) is 6.07 Å². The normalized spacial score (nSPS) is 16.7. The first kappa shape index (κ1) is 23.4. The lowest BCUT2D eigenvalue weighted by Gasteiger charge is -2.33. The summed E-state index contributed by atoms with van der Waals surface area (Å²) < 4.78 is 0. The average molecular weight is 534 g/mol. The summed E-state index contributed by atoms with van der Waals surface area (Å²) in [4.78, 5) is 11.0. The number of nitrogens with zero attached hydrogens (tertiary/aromatic N) is 3. The first-order valence-corrected chi connectivity index (χ1v) is 11.5. The molecule has 3 rings (SSSR count). The topological polar surface area (TPSA) is 42.9 Å². The van der Waals surface area contributed by atoms with Gasteiger partial charge in [0, 0.05) is 30.6 Å². The van der Waals surface area contributed by atoms with Gasteiger partial charge in [-0.3, -0.25) is 4.99 Å². The van der Waals surface area contributed by atoms with Crippen molar-refractivity contribution in [3.63, 3.8) is 0 Å². The number of thiophene rings is 2. The fourth-order valence-electron chi connectivity index (χ4n) is 3.37. The van der Waals surface area contributed by atoms with Crippen molar-refractivity contribution in [1.82, 2.24) is 15.5 Å². The van der Waals surface area contributed by atoms with Gasteiger partial charge in [-0.05, 0) is 62.8 Å². The molecule has 0 aromatic carbocycles. The zero-order valence-corrected chi connectivity index (χ0v) is 20.9. The molecule has 0 bridgehead atoms. The largest absolute Gasteiger partial charge is 0.363 e. The monoisotopic (exact) mass is 533 g/mol. The van der Waals surface area contributed by atoms with Gasteiger partial charge in [0.2, 0.25) is 0 Å². The number of halogens is 1. The van der Waals surface area contributed by atoms with Crippen molar-refractivity contribution in [2.24, 2.45) is 4.99 Å². The number of hydrogen-bond acceptors (Lipinski definition) is 5. The van der Waals surface area contributed by atoms with Crippen molar-refractivity contribution in [1.29, 1.82) is 0 Å². The van der Waals surface area contributed by atoms with Crippen LogP contribution in [0.3, 0.4) is 0 Å². The number of aliphatic imine (C=N–C) groups is 1. The molecule has 1 fully saturated rings. The number of hydrogen-bond donors (Lipinski definition) is 2. The van der Waals surface area contributed by atoms with Crippen LogP contribution in [0.4, 0.5) is 5.00 Å². The van der Waals surface area contributed by atoms with E-state index in [1.54, 1.807) is 11.3 Å². The van der Waals surface area contributed by atoms with Crippen LogP contribution in [0.2, 0.25) is 0 Å². The molecule has 28 heavy (non-hydrogen) atoms. The number of rotatable bonds is 7. The molecule has 8 heteroatoms. The van der Waals surface area contributed by atoms with Crippen LogP contribution in [-0.4, -0.2) is 57.2 Å². The second-order valence-electron chi connectivity index (χ2n) is 7.07. The first-order valence-electron chi connectivity index (χ1n) is 9.70. The lowest BCUT2D eigenvalue weighted by molar-refractivity contribution is 0.310. The molecule has 2 aromatic rings. The van der Waals surface area contributed by atoms with Gasteiger partial charge >= 0.3 is 0 Å². The van der Waals surface area contributed by atoms with E-state index in [1.807, 2.05) is 11.3 Å². The Balaban J connectivity index is 0.00000280. The van der Waals surface area contributed by atoms with Crippen molar-refractivity contribution < 1.29 is 0 Å². The molecule has 1 unspecified atom stereocenters. The van der Waals surface area contributed by atoms with Gasteiger partial charge in [-0.2, -0.15) is 0 Å². The Morgan fingerprint density at radius 3 is 2.50 bits per heavy atom. The Labute approximate surface area is 194 Å². The molecule has 0 saturated carbocycles. The third-order valence-corrected chi connectivity index (χ3v) is 6.82. The maximum atomic E-state index is 4.90. The zero-order chi connectivity index (χ0) is 19.1. The Kier molecular flexibility index (Phi) is 10.0. The van der Waals surface area contributed by atoms with E-state index in [0.717, 1.165) is 45.0 Å². The van der Waals surface area contributed by atoms with Crippen molar-refractivity contribution in [3.05, 3.63) is 39.9 Å². The van der Waals surface area contributed by atoms with Crippen LogP contribution in [0, 0.1) is 0 Å². The molecule has 2 N–H and O–H groups in total. The summed E-state index contributed by atoms with van der Waals surface area (Å²) in [6.45, 7) is 5.97. The Hall–Kier alpha value is -0.840. The number of likely N-dealkylation sites (N-methyl/N-ethyl adjacent to an activating group) is 1. The van der Waals surface area contributed by atoms with Crippen LogP contribution in [0.1, 0.15) is 30.7 Å². The SMILES string of the molecule is CCNC(=NCC(c1cccs1)N(C)C)NC1CCN(c2cccs2)CC1.I. The highest BCUT2D eigenvalue weighted by Gasteiger charge is 2.21. The standard InChI is InChI=1S/C20H31N5S2.HI/c1-4-21-20(22-15-17(24(2)3)18-7-5-13-26-18)23-16-9-11-25(12-10-16)19-8-6-14-27-19;/h5-8,13-14,16-17H,4,9-12,15H2,1-3H3,(H2,21,22,23);1H. The molecule has 1 atom stereocenters. The lowest BCUT2D eigenvalue weighted by Crippen LogP contribution is -2.48. The van der Waals surface area contributed by atoms with E-state index in [2.05, 4.69) is 76.5 Å². The number of piperidine rings is 1. The molecule has 0 radical (unpaired) electrons. The lowest BCUT2D eigenvalue weighted by atomic mass is 10.1. The van der Waals surface area contributed by atoms with Crippen LogP contribution in [-0.2, 0) is 0 Å². The minimum atomic E-state index is 0. The maximum Gasteiger partial charge on any atom is 0.191 e. The van der Waals surface area contributed by atoms with Crippen LogP contribution in [0.5, 0.6) is 0 Å². The Morgan fingerprint density at radius 2 is 1.93 bits per heavy atom. The summed E-state index contributed by atoms with van der Waals surface area (Å²) in [7, 11) is 4.25. The Bertz CT molecular complexity index is 680. The highest BCUT2D eigenvalue weighted by Crippen LogP contribution is 2.25. The van der Waals surface area contributed by atoms with E-state index in [-0.39, 0.29) is 24.0 Å². The third-order valence-electron chi connectivity index (χ3n) is 4.92. The van der Waals surface area contributed by atoms with Crippen LogP contribution < -0.4 is 15.5 Å². The molecular weight excluding hydrogens is 501 g/mol. The molecule has 0 spiro atoms. The van der Waals surface area contributed by atoms with Gasteiger partial charge in [-0.25, -0.2) is 0 Å². The van der Waals surface area contributed by atoms with Gasteiger partial charge < -0.3 is 20.4 Å². The molecular formula is C20H32IN5S2. The van der Waals surface area contributed by atoms with E-state index in [1.165, 1.54) is 9.88 Å². The van der Waals surface area contributed by atoms with E-state index in [4.69, 9.17) is 4.99 Å². The Morgan fingerprint density at radius 1 is 1.21 bits per heavy atom. The molecule has 1 aliphatic heterocycles. The van der Waals surface area contributed by atoms with E-state index < -0.39 is 0 Å². The molecule has 5 nitrogen and oxygen atoms in total. The molecule has 0 aliphatic carbocycles. The second kappa shape index (κ2) is 12.0. The summed E-state index contributed by atoms with van der Waals surface area (Å²) >= 11 is 3.63. The van der Waals surface area contributed by atoms with E-state index in [9.17, 15) is 0 Å². The summed E-state index contributed by atoms with van der Waals surface area (Å²) in [5.74, 6) is 0.940. The average Bonchev–Trinajstić information content (AvgIpc) is 3.36. The molecule has 1 aliphatic rings. The number of nitrogens with one attached hydrogen (secondary N) is 2. The van der Waals surface area contributed by atoms with Gasteiger partial charge in [0.05, 0.1) is 17.6 Å². The number of anilines is 1. The molecule has 0 amide bonds. The second-order valence-corrected chi connectivity index (χ2v) is 8.98. The summed E-state index contributed by atoms with van der Waals surface area (Å²) in [5, 5.41) is 12.8. The van der Waals surface area contributed by atoms with Crippen LogP contribution >= 0.6 is 46.7 Å². The highest BCUT2D eigenvalue weighted by molar-refractivity contribution is 14.0. The summed E-state index contributed by atoms with van der Waals surface area (Å²) in [6.07, 6.45) is 2.29. The zero-order valence-electron chi connectivity index (χ0n) is 16.9. The molecule has 156 valence electrons. The molecule has 2 aromatic heterocycles. The van der Waals surface area contributed by atoms with Crippen molar-refractivity contribution >= 4 is 57.6 Å². The summed E-state index contributed by atoms with van der Waals surface area (Å²) in [5.41, 5.74) is 0. The maximum absolute atomic E-state index is 4.90. The third kappa shape index (κ3) is 6.60. The first-order chi connectivity index (χ1) is 13.2. The predicted octanol–water partition coefficient (Wildman–Crippen LogP) is 4.25. The van der Waals surface area contributed by atoms with Gasteiger partial charge in [0.25, 0.3) is 0 Å².